The van der Waals surface area contributed by atoms with Crippen molar-refractivity contribution in [3.63, 3.8) is 0 Å². The molecule has 8 nitrogen and oxygen atoms in total. The van der Waals surface area contributed by atoms with E-state index < -0.39 is 29.6 Å². The topological polar surface area (TPSA) is 98.7 Å². The second kappa shape index (κ2) is 7.49. The van der Waals surface area contributed by atoms with E-state index in [2.05, 4.69) is 31.4 Å². The second-order valence-electron chi connectivity index (χ2n) is 5.72. The molecule has 1 rings (SSSR count). The fraction of sp³-hybridized carbons (Fsp3) is 0.500. The number of rotatable bonds is 4. The lowest BCUT2D eigenvalue weighted by molar-refractivity contribution is -0.118. The summed E-state index contributed by atoms with van der Waals surface area (Å²) < 4.78 is 11.4. The van der Waals surface area contributed by atoms with E-state index in [4.69, 9.17) is 4.74 Å². The van der Waals surface area contributed by atoms with E-state index in [1.54, 1.807) is 26.8 Å². The molecule has 128 valence electrons. The molecule has 0 aromatic carbocycles. The number of nitrogens with one attached hydrogen (secondary N) is 2. The summed E-state index contributed by atoms with van der Waals surface area (Å²) in [6.07, 6.45) is 0.774. The lowest BCUT2D eigenvalue weighted by Crippen LogP contribution is -2.45. The third kappa shape index (κ3) is 5.59. The molecule has 0 saturated carbocycles. The number of alkyl carbamates (subject to hydrolysis) is 1. The molecule has 2 N–H and O–H groups in total. The normalized spacial score (nSPS) is 12.3. The molecule has 0 saturated heterocycles. The first kappa shape index (κ1) is 19.0. The highest BCUT2D eigenvalue weighted by Gasteiger charge is 2.23. The van der Waals surface area contributed by atoms with Gasteiger partial charge in [-0.1, -0.05) is 0 Å². The molecule has 9 heteroatoms. The standard InChI is InChI=1S/C14H20BrN3O5/c1-8(16-13(21)23-14(2,3)4)11(19)17-18-7-6-9(15)10(18)12(20)22-5/h6-8H,1-5H3,(H,16,21)(H,17,19)/t8-/m0/s1. The summed E-state index contributed by atoms with van der Waals surface area (Å²) in [7, 11) is 1.24. The summed E-state index contributed by atoms with van der Waals surface area (Å²) in [6, 6.07) is 0.718. The highest BCUT2D eigenvalue weighted by Crippen LogP contribution is 2.18. The average Bonchev–Trinajstić information content (AvgIpc) is 2.76. The van der Waals surface area contributed by atoms with E-state index in [-0.39, 0.29) is 5.69 Å². The highest BCUT2D eigenvalue weighted by molar-refractivity contribution is 9.10. The number of aromatic nitrogens is 1. The number of methoxy groups -OCH3 is 1. The number of nitrogens with zero attached hydrogens (tertiary/aromatic N) is 1. The van der Waals surface area contributed by atoms with Crippen molar-refractivity contribution in [3.05, 3.63) is 22.4 Å². The Labute approximate surface area is 142 Å². The van der Waals surface area contributed by atoms with Crippen molar-refractivity contribution in [2.75, 3.05) is 12.5 Å². The molecular formula is C14H20BrN3O5. The minimum absolute atomic E-state index is 0.130. The van der Waals surface area contributed by atoms with Crippen LogP contribution in [0.25, 0.3) is 0 Å². The number of halogens is 1. The lowest BCUT2D eigenvalue weighted by atomic mass is 10.2. The van der Waals surface area contributed by atoms with Gasteiger partial charge in [-0.25, -0.2) is 9.59 Å². The average molecular weight is 390 g/mol. The van der Waals surface area contributed by atoms with E-state index in [1.165, 1.54) is 24.9 Å². The first-order chi connectivity index (χ1) is 10.5. The number of carbonyl (C=O) groups is 3. The van der Waals surface area contributed by atoms with Crippen LogP contribution < -0.4 is 10.7 Å². The van der Waals surface area contributed by atoms with E-state index in [1.807, 2.05) is 0 Å². The molecule has 0 unspecified atom stereocenters. The van der Waals surface area contributed by atoms with Crippen molar-refractivity contribution in [2.24, 2.45) is 0 Å². The van der Waals surface area contributed by atoms with Gasteiger partial charge in [0.2, 0.25) is 0 Å². The second-order valence-corrected chi connectivity index (χ2v) is 6.57. The lowest BCUT2D eigenvalue weighted by Gasteiger charge is -2.22. The molecule has 1 aromatic heterocycles. The molecule has 0 radical (unpaired) electrons. The maximum atomic E-state index is 12.1. The smallest absolute Gasteiger partial charge is 0.408 e. The van der Waals surface area contributed by atoms with Crippen molar-refractivity contribution < 1.29 is 23.9 Å². The third-order valence-electron chi connectivity index (χ3n) is 2.57. The summed E-state index contributed by atoms with van der Waals surface area (Å²) in [5.41, 5.74) is 1.96. The van der Waals surface area contributed by atoms with Crippen LogP contribution in [0.15, 0.2) is 16.7 Å². The molecule has 0 aliphatic heterocycles. The van der Waals surface area contributed by atoms with Gasteiger partial charge in [-0.3, -0.25) is 14.9 Å². The number of esters is 1. The van der Waals surface area contributed by atoms with Crippen LogP contribution in [0.3, 0.4) is 0 Å². The molecule has 0 spiro atoms. The zero-order valence-corrected chi connectivity index (χ0v) is 15.2. The van der Waals surface area contributed by atoms with Crippen molar-refractivity contribution in [2.45, 2.75) is 39.3 Å². The minimum atomic E-state index is -0.864. The largest absolute Gasteiger partial charge is 0.464 e. The van der Waals surface area contributed by atoms with Gasteiger partial charge in [0.05, 0.1) is 11.6 Å². The molecule has 0 fully saturated rings. The van der Waals surface area contributed by atoms with E-state index in [0.717, 1.165) is 0 Å². The van der Waals surface area contributed by atoms with E-state index in [0.29, 0.717) is 4.47 Å². The van der Waals surface area contributed by atoms with Crippen LogP contribution in [0.5, 0.6) is 0 Å². The summed E-state index contributed by atoms with van der Waals surface area (Å²) in [5, 5.41) is 2.41. The molecule has 0 bridgehead atoms. The Morgan fingerprint density at radius 2 is 1.91 bits per heavy atom. The van der Waals surface area contributed by atoms with Crippen LogP contribution in [0.1, 0.15) is 38.2 Å². The Kier molecular flexibility index (Phi) is 6.20. The first-order valence-corrected chi connectivity index (χ1v) is 7.60. The molecule has 23 heavy (non-hydrogen) atoms. The van der Waals surface area contributed by atoms with Crippen LogP contribution >= 0.6 is 15.9 Å². The van der Waals surface area contributed by atoms with Crippen LogP contribution in [-0.2, 0) is 14.3 Å². The van der Waals surface area contributed by atoms with Gasteiger partial charge in [0.1, 0.15) is 11.6 Å². The van der Waals surface area contributed by atoms with Gasteiger partial charge in [0.15, 0.2) is 5.69 Å². The van der Waals surface area contributed by atoms with Gasteiger partial charge in [-0.05, 0) is 49.7 Å². The predicted octanol–water partition coefficient (Wildman–Crippen LogP) is 2.02. The Morgan fingerprint density at radius 1 is 1.30 bits per heavy atom. The SMILES string of the molecule is COC(=O)c1c(Br)ccn1NC(=O)[C@H](C)NC(=O)OC(C)(C)C. The summed E-state index contributed by atoms with van der Waals surface area (Å²) in [5.74, 6) is -1.14. The first-order valence-electron chi connectivity index (χ1n) is 6.80. The molecule has 0 aliphatic rings. The molecule has 2 amide bonds. The zero-order valence-electron chi connectivity index (χ0n) is 13.6. The monoisotopic (exact) mass is 389 g/mol. The predicted molar refractivity (Wildman–Crippen MR) is 86.7 cm³/mol. The van der Waals surface area contributed by atoms with Gasteiger partial charge in [-0.2, -0.15) is 0 Å². The van der Waals surface area contributed by atoms with Gasteiger partial charge in [0, 0.05) is 6.20 Å². The zero-order chi connectivity index (χ0) is 17.8. The van der Waals surface area contributed by atoms with Gasteiger partial charge in [0.25, 0.3) is 5.91 Å². The Hall–Kier alpha value is -2.03. The Balaban J connectivity index is 2.73. The molecule has 1 aromatic rings. The van der Waals surface area contributed by atoms with Crippen LogP contribution in [-0.4, -0.2) is 41.4 Å². The molecular weight excluding hydrogens is 370 g/mol. The number of hydrogen-bond donors (Lipinski definition) is 2. The van der Waals surface area contributed by atoms with Gasteiger partial charge in [-0.15, -0.1) is 0 Å². The highest BCUT2D eigenvalue weighted by atomic mass is 79.9. The van der Waals surface area contributed by atoms with Crippen molar-refractivity contribution in [1.82, 2.24) is 9.99 Å². The summed E-state index contributed by atoms with van der Waals surface area (Å²) in [6.45, 7) is 6.65. The number of ether oxygens (including phenoxy) is 2. The van der Waals surface area contributed by atoms with Crippen LogP contribution in [0.2, 0.25) is 0 Å². The summed E-state index contributed by atoms with van der Waals surface area (Å²) >= 11 is 3.20. The van der Waals surface area contributed by atoms with Crippen molar-refractivity contribution in [1.29, 1.82) is 0 Å². The van der Waals surface area contributed by atoms with Crippen molar-refractivity contribution >= 4 is 33.9 Å². The van der Waals surface area contributed by atoms with Crippen LogP contribution in [0.4, 0.5) is 4.79 Å². The maximum Gasteiger partial charge on any atom is 0.408 e. The minimum Gasteiger partial charge on any atom is -0.464 e. The fourth-order valence-electron chi connectivity index (χ4n) is 1.56. The van der Waals surface area contributed by atoms with E-state index >= 15 is 0 Å². The van der Waals surface area contributed by atoms with Gasteiger partial charge < -0.3 is 14.8 Å². The molecule has 1 heterocycles. The number of amides is 2. The van der Waals surface area contributed by atoms with Crippen LogP contribution in [0, 0.1) is 0 Å². The van der Waals surface area contributed by atoms with Gasteiger partial charge >= 0.3 is 12.1 Å². The van der Waals surface area contributed by atoms with E-state index in [9.17, 15) is 14.4 Å². The Morgan fingerprint density at radius 3 is 2.43 bits per heavy atom. The quantitative estimate of drug-likeness (QED) is 0.767. The Bertz CT molecular complexity index is 606. The number of carbonyl (C=O) groups excluding carboxylic acids is 3. The fourth-order valence-corrected chi connectivity index (χ4v) is 2.03. The number of hydrogen-bond acceptors (Lipinski definition) is 5. The third-order valence-corrected chi connectivity index (χ3v) is 3.21. The summed E-state index contributed by atoms with van der Waals surface area (Å²) in [4.78, 5) is 35.5. The van der Waals surface area contributed by atoms with Crippen molar-refractivity contribution in [3.8, 4) is 0 Å². The molecule has 0 aliphatic carbocycles. The molecule has 1 atom stereocenters. The maximum absolute atomic E-state index is 12.1.